The number of thioether (sulfide) groups is 1. The molecule has 2 aromatic rings. The van der Waals surface area contributed by atoms with Crippen molar-refractivity contribution in [3.63, 3.8) is 0 Å². The van der Waals surface area contributed by atoms with Crippen molar-refractivity contribution in [2.45, 2.75) is 6.42 Å². The number of nitrogens with zero attached hydrogens (tertiary/aromatic N) is 2. The van der Waals surface area contributed by atoms with Gasteiger partial charge in [-0.05, 0) is 24.3 Å². The lowest BCUT2D eigenvalue weighted by Gasteiger charge is -2.14. The quantitative estimate of drug-likeness (QED) is 0.299. The standard InChI is InChI=1S/C18H14N4O6S2/c23-15(19-20-16(24)11-3-5-12(6-4-11)22(26)27)7-8-21-17(25)14(30-18(21)29)10-13-2-1-9-28-13/h1-6,9-10H,7-8H2,(H,19,23)(H,20,24). The lowest BCUT2D eigenvalue weighted by atomic mass is 10.2. The molecule has 1 aliphatic heterocycles. The Morgan fingerprint density at radius 3 is 2.60 bits per heavy atom. The number of carbonyl (C=O) groups excluding carboxylic acids is 3. The second-order valence-electron chi connectivity index (χ2n) is 5.91. The first-order valence-corrected chi connectivity index (χ1v) is 9.70. The van der Waals surface area contributed by atoms with Crippen LogP contribution in [0.3, 0.4) is 0 Å². The number of amides is 3. The molecule has 0 aliphatic carbocycles. The van der Waals surface area contributed by atoms with Crippen molar-refractivity contribution in [1.29, 1.82) is 0 Å². The summed E-state index contributed by atoms with van der Waals surface area (Å²) in [7, 11) is 0. The van der Waals surface area contributed by atoms with Crippen LogP contribution in [0.2, 0.25) is 0 Å². The van der Waals surface area contributed by atoms with Crippen LogP contribution in [0.1, 0.15) is 22.5 Å². The van der Waals surface area contributed by atoms with E-state index in [0.717, 1.165) is 11.8 Å². The predicted molar refractivity (Wildman–Crippen MR) is 112 cm³/mol. The monoisotopic (exact) mass is 446 g/mol. The molecule has 0 spiro atoms. The second kappa shape index (κ2) is 9.33. The molecule has 0 unspecified atom stereocenters. The van der Waals surface area contributed by atoms with Crippen LogP contribution >= 0.6 is 24.0 Å². The number of non-ortho nitro benzene ring substituents is 1. The van der Waals surface area contributed by atoms with Crippen LogP contribution in [0.25, 0.3) is 6.08 Å². The number of hydrogen-bond acceptors (Lipinski definition) is 8. The van der Waals surface area contributed by atoms with Gasteiger partial charge in [-0.1, -0.05) is 24.0 Å². The number of carbonyl (C=O) groups is 3. The van der Waals surface area contributed by atoms with E-state index in [2.05, 4.69) is 10.9 Å². The van der Waals surface area contributed by atoms with Gasteiger partial charge in [0, 0.05) is 36.7 Å². The molecule has 3 rings (SSSR count). The van der Waals surface area contributed by atoms with Gasteiger partial charge in [0.1, 0.15) is 10.1 Å². The number of hydrazine groups is 1. The largest absolute Gasteiger partial charge is 0.465 e. The van der Waals surface area contributed by atoms with Gasteiger partial charge in [-0.3, -0.25) is 40.2 Å². The summed E-state index contributed by atoms with van der Waals surface area (Å²) < 4.78 is 5.50. The molecule has 12 heteroatoms. The molecular weight excluding hydrogens is 432 g/mol. The maximum Gasteiger partial charge on any atom is 0.269 e. The summed E-state index contributed by atoms with van der Waals surface area (Å²) in [5.41, 5.74) is 4.43. The first kappa shape index (κ1) is 21.2. The predicted octanol–water partition coefficient (Wildman–Crippen LogP) is 2.24. The third kappa shape index (κ3) is 5.10. The summed E-state index contributed by atoms with van der Waals surface area (Å²) in [4.78, 5) is 48.2. The van der Waals surface area contributed by atoms with E-state index >= 15 is 0 Å². The molecule has 3 amide bonds. The fourth-order valence-electron chi connectivity index (χ4n) is 2.40. The molecule has 10 nitrogen and oxygen atoms in total. The Balaban J connectivity index is 1.48. The average molecular weight is 446 g/mol. The average Bonchev–Trinajstić information content (AvgIpc) is 3.33. The Bertz CT molecular complexity index is 1030. The van der Waals surface area contributed by atoms with Crippen molar-refractivity contribution < 1.29 is 23.7 Å². The van der Waals surface area contributed by atoms with Crippen molar-refractivity contribution in [3.05, 3.63) is 69.0 Å². The van der Waals surface area contributed by atoms with Crippen LogP contribution < -0.4 is 10.9 Å². The SMILES string of the molecule is O=C(CCN1C(=O)C(=Cc2ccco2)SC1=S)NNC(=O)c1ccc([N+](=O)[O-])cc1. The smallest absolute Gasteiger partial charge is 0.269 e. The Hall–Kier alpha value is -3.51. The minimum absolute atomic E-state index is 0.0411. The summed E-state index contributed by atoms with van der Waals surface area (Å²) in [6.07, 6.45) is 2.96. The Morgan fingerprint density at radius 2 is 1.97 bits per heavy atom. The molecule has 0 saturated carbocycles. The molecule has 1 saturated heterocycles. The Morgan fingerprint density at radius 1 is 1.23 bits per heavy atom. The number of benzene rings is 1. The Labute approximate surface area is 179 Å². The fraction of sp³-hybridized carbons (Fsp3) is 0.111. The number of furan rings is 1. The van der Waals surface area contributed by atoms with Crippen LogP contribution in [0.4, 0.5) is 5.69 Å². The maximum atomic E-state index is 12.4. The molecule has 2 heterocycles. The van der Waals surface area contributed by atoms with Crippen LogP contribution in [-0.4, -0.2) is 38.4 Å². The zero-order valence-corrected chi connectivity index (χ0v) is 16.8. The zero-order chi connectivity index (χ0) is 21.7. The van der Waals surface area contributed by atoms with Gasteiger partial charge in [-0.15, -0.1) is 0 Å². The Kier molecular flexibility index (Phi) is 6.59. The third-order valence-electron chi connectivity index (χ3n) is 3.91. The summed E-state index contributed by atoms with van der Waals surface area (Å²) >= 11 is 6.30. The number of nitro benzene ring substituents is 1. The highest BCUT2D eigenvalue weighted by molar-refractivity contribution is 8.26. The van der Waals surface area contributed by atoms with Gasteiger partial charge in [0.15, 0.2) is 0 Å². The number of hydrogen-bond donors (Lipinski definition) is 2. The molecule has 30 heavy (non-hydrogen) atoms. The lowest BCUT2D eigenvalue weighted by molar-refractivity contribution is -0.384. The highest BCUT2D eigenvalue weighted by Crippen LogP contribution is 2.32. The van der Waals surface area contributed by atoms with Gasteiger partial charge in [0.2, 0.25) is 5.91 Å². The van der Waals surface area contributed by atoms with Crippen molar-refractivity contribution in [2.24, 2.45) is 0 Å². The van der Waals surface area contributed by atoms with E-state index in [4.69, 9.17) is 16.6 Å². The molecule has 0 atom stereocenters. The molecule has 0 radical (unpaired) electrons. The molecule has 1 aromatic carbocycles. The molecule has 1 aliphatic rings. The minimum atomic E-state index is -0.634. The zero-order valence-electron chi connectivity index (χ0n) is 15.2. The summed E-state index contributed by atoms with van der Waals surface area (Å²) in [5.74, 6) is -0.981. The lowest BCUT2D eigenvalue weighted by Crippen LogP contribution is -2.43. The number of thiocarbonyl (C=S) groups is 1. The van der Waals surface area contributed by atoms with Crippen molar-refractivity contribution in [3.8, 4) is 0 Å². The van der Waals surface area contributed by atoms with E-state index in [-0.39, 0.29) is 30.1 Å². The second-order valence-corrected chi connectivity index (χ2v) is 7.58. The highest BCUT2D eigenvalue weighted by atomic mass is 32.2. The summed E-state index contributed by atoms with van der Waals surface area (Å²) in [6.45, 7) is 0.0411. The van der Waals surface area contributed by atoms with Gasteiger partial charge in [0.05, 0.1) is 16.1 Å². The molecular formula is C18H14N4O6S2. The summed E-state index contributed by atoms with van der Waals surface area (Å²) in [5, 5.41) is 10.6. The van der Waals surface area contributed by atoms with E-state index in [1.165, 1.54) is 35.4 Å². The van der Waals surface area contributed by atoms with Crippen LogP contribution in [0.15, 0.2) is 52.0 Å². The first-order chi connectivity index (χ1) is 14.3. The molecule has 154 valence electrons. The van der Waals surface area contributed by atoms with Crippen molar-refractivity contribution in [1.82, 2.24) is 15.8 Å². The van der Waals surface area contributed by atoms with E-state index in [9.17, 15) is 24.5 Å². The normalized spacial score (nSPS) is 14.8. The van der Waals surface area contributed by atoms with Gasteiger partial charge in [-0.25, -0.2) is 0 Å². The van der Waals surface area contributed by atoms with Crippen LogP contribution in [0, 0.1) is 10.1 Å². The van der Waals surface area contributed by atoms with Gasteiger partial charge < -0.3 is 4.42 Å². The first-order valence-electron chi connectivity index (χ1n) is 8.47. The number of rotatable bonds is 6. The molecule has 2 N–H and O–H groups in total. The number of nitrogens with one attached hydrogen (secondary N) is 2. The van der Waals surface area contributed by atoms with Crippen molar-refractivity contribution in [2.75, 3.05) is 6.54 Å². The highest BCUT2D eigenvalue weighted by Gasteiger charge is 2.32. The van der Waals surface area contributed by atoms with E-state index in [0.29, 0.717) is 15.0 Å². The topological polar surface area (TPSA) is 135 Å². The third-order valence-corrected chi connectivity index (χ3v) is 5.29. The van der Waals surface area contributed by atoms with Crippen LogP contribution in [0.5, 0.6) is 0 Å². The van der Waals surface area contributed by atoms with Crippen molar-refractivity contribution >= 4 is 57.8 Å². The molecule has 1 fully saturated rings. The van der Waals surface area contributed by atoms with Gasteiger partial charge in [0.25, 0.3) is 17.5 Å². The molecule has 0 bridgehead atoms. The summed E-state index contributed by atoms with van der Waals surface area (Å²) in [6, 6.07) is 8.30. The van der Waals surface area contributed by atoms with E-state index < -0.39 is 16.7 Å². The van der Waals surface area contributed by atoms with Gasteiger partial charge in [-0.2, -0.15) is 0 Å². The maximum absolute atomic E-state index is 12.4. The van der Waals surface area contributed by atoms with Gasteiger partial charge >= 0.3 is 0 Å². The molecule has 1 aromatic heterocycles. The van der Waals surface area contributed by atoms with E-state index in [1.807, 2.05) is 0 Å². The van der Waals surface area contributed by atoms with Crippen LogP contribution in [-0.2, 0) is 9.59 Å². The minimum Gasteiger partial charge on any atom is -0.465 e. The number of nitro groups is 1. The van der Waals surface area contributed by atoms with E-state index in [1.54, 1.807) is 18.2 Å². The fourth-order valence-corrected chi connectivity index (χ4v) is 3.69.